The number of aromatic nitrogens is 4. The number of hydrogen-bond acceptors (Lipinski definition) is 5. The first-order valence-electron chi connectivity index (χ1n) is 5.00. The molecule has 0 unspecified atom stereocenters. The first-order chi connectivity index (χ1) is 8.20. The first-order valence-corrected chi connectivity index (χ1v) is 5.00. The lowest BCUT2D eigenvalue weighted by Gasteiger charge is -2.05. The number of nitrogens with one attached hydrogen (secondary N) is 2. The van der Waals surface area contributed by atoms with E-state index in [4.69, 9.17) is 0 Å². The lowest BCUT2D eigenvalue weighted by molar-refractivity contribution is 0.102. The van der Waals surface area contributed by atoms with Crippen molar-refractivity contribution in [3.05, 3.63) is 30.2 Å². The van der Waals surface area contributed by atoms with Gasteiger partial charge in [-0.25, -0.2) is 9.67 Å². The minimum absolute atomic E-state index is 0.250. The van der Waals surface area contributed by atoms with E-state index >= 15 is 0 Å². The molecule has 0 aliphatic carbocycles. The van der Waals surface area contributed by atoms with Gasteiger partial charge in [-0.3, -0.25) is 10.1 Å². The van der Waals surface area contributed by atoms with Crippen LogP contribution in [-0.4, -0.2) is 32.7 Å². The van der Waals surface area contributed by atoms with Crippen molar-refractivity contribution in [3.8, 4) is 0 Å². The van der Waals surface area contributed by atoms with E-state index in [0.717, 1.165) is 0 Å². The van der Waals surface area contributed by atoms with E-state index in [9.17, 15) is 4.79 Å². The highest BCUT2D eigenvalue weighted by Crippen LogP contribution is 2.08. The molecule has 2 N–H and O–H groups in total. The summed E-state index contributed by atoms with van der Waals surface area (Å²) in [5.74, 6) is 0.786. The predicted molar refractivity (Wildman–Crippen MR) is 62.7 cm³/mol. The van der Waals surface area contributed by atoms with Crippen molar-refractivity contribution in [1.29, 1.82) is 0 Å². The summed E-state index contributed by atoms with van der Waals surface area (Å²) in [5.41, 5.74) is 0.507. The zero-order valence-corrected chi connectivity index (χ0v) is 9.51. The number of hydrogen-bond donors (Lipinski definition) is 2. The van der Waals surface area contributed by atoms with Gasteiger partial charge in [-0.2, -0.15) is 10.1 Å². The molecule has 0 radical (unpaired) electrons. The van der Waals surface area contributed by atoms with Crippen molar-refractivity contribution >= 4 is 17.7 Å². The number of rotatable bonds is 3. The van der Waals surface area contributed by atoms with Crippen molar-refractivity contribution < 1.29 is 4.79 Å². The second kappa shape index (κ2) is 4.60. The van der Waals surface area contributed by atoms with Gasteiger partial charge in [-0.1, -0.05) is 0 Å². The Labute approximate surface area is 97.9 Å². The topological polar surface area (TPSA) is 84.7 Å². The minimum Gasteiger partial charge on any atom is -0.373 e. The summed E-state index contributed by atoms with van der Waals surface area (Å²) in [6.07, 6.45) is 2.94. The van der Waals surface area contributed by atoms with Crippen LogP contribution < -0.4 is 10.6 Å². The van der Waals surface area contributed by atoms with Gasteiger partial charge in [0.05, 0.1) is 0 Å². The van der Waals surface area contributed by atoms with Crippen LogP contribution in [-0.2, 0) is 7.05 Å². The van der Waals surface area contributed by atoms with Gasteiger partial charge in [0, 0.05) is 25.9 Å². The quantitative estimate of drug-likeness (QED) is 0.805. The third-order valence-corrected chi connectivity index (χ3v) is 2.21. The molecule has 7 nitrogen and oxygen atoms in total. The highest BCUT2D eigenvalue weighted by atomic mass is 16.1. The highest BCUT2D eigenvalue weighted by Gasteiger charge is 2.09. The monoisotopic (exact) mass is 232 g/mol. The van der Waals surface area contributed by atoms with Crippen molar-refractivity contribution in [3.63, 3.8) is 0 Å². The molecule has 0 saturated carbocycles. The van der Waals surface area contributed by atoms with Gasteiger partial charge in [-0.05, 0) is 12.1 Å². The van der Waals surface area contributed by atoms with Gasteiger partial charge in [0.1, 0.15) is 12.1 Å². The Morgan fingerprint density at radius 1 is 1.41 bits per heavy atom. The summed E-state index contributed by atoms with van der Waals surface area (Å²) in [6.45, 7) is 0. The average Bonchev–Trinajstić information content (AvgIpc) is 2.75. The second-order valence-electron chi connectivity index (χ2n) is 3.34. The zero-order chi connectivity index (χ0) is 12.3. The number of nitrogens with zero attached hydrogens (tertiary/aromatic N) is 4. The number of carbonyl (C=O) groups is 1. The summed E-state index contributed by atoms with van der Waals surface area (Å²) < 4.78 is 1.48. The molecule has 2 aromatic heterocycles. The van der Waals surface area contributed by atoms with E-state index in [1.165, 1.54) is 11.0 Å². The molecule has 0 aliphatic heterocycles. The fourth-order valence-corrected chi connectivity index (χ4v) is 1.29. The molecule has 0 aromatic carbocycles. The summed E-state index contributed by atoms with van der Waals surface area (Å²) in [7, 11) is 3.45. The molecule has 0 atom stereocenters. The maximum Gasteiger partial charge on any atom is 0.258 e. The zero-order valence-electron chi connectivity index (χ0n) is 9.51. The molecule has 2 aromatic rings. The van der Waals surface area contributed by atoms with Crippen molar-refractivity contribution in [1.82, 2.24) is 19.7 Å². The summed E-state index contributed by atoms with van der Waals surface area (Å²) in [4.78, 5) is 19.8. The molecule has 88 valence electrons. The molecule has 1 amide bonds. The van der Waals surface area contributed by atoms with E-state index < -0.39 is 0 Å². The van der Waals surface area contributed by atoms with Crippen molar-refractivity contribution in [2.24, 2.45) is 7.05 Å². The van der Waals surface area contributed by atoms with Crippen LogP contribution in [0.5, 0.6) is 0 Å². The molecule has 0 aliphatic rings. The molecular formula is C10H12N6O. The largest absolute Gasteiger partial charge is 0.373 e. The normalized spacial score (nSPS) is 10.0. The first kappa shape index (κ1) is 11.1. The molecule has 0 spiro atoms. The number of pyridine rings is 1. The third kappa shape index (κ3) is 2.39. The van der Waals surface area contributed by atoms with Crippen LogP contribution in [0, 0.1) is 0 Å². The lowest BCUT2D eigenvalue weighted by Crippen LogP contribution is -2.15. The van der Waals surface area contributed by atoms with Gasteiger partial charge in [0.25, 0.3) is 5.91 Å². The van der Waals surface area contributed by atoms with Crippen LogP contribution in [0.3, 0.4) is 0 Å². The van der Waals surface area contributed by atoms with Crippen LogP contribution >= 0.6 is 0 Å². The van der Waals surface area contributed by atoms with E-state index in [-0.39, 0.29) is 5.91 Å². The maximum absolute atomic E-state index is 11.9. The molecule has 0 saturated heterocycles. The van der Waals surface area contributed by atoms with Gasteiger partial charge < -0.3 is 5.32 Å². The van der Waals surface area contributed by atoms with Crippen LogP contribution in [0.25, 0.3) is 0 Å². The highest BCUT2D eigenvalue weighted by molar-refractivity contribution is 6.03. The van der Waals surface area contributed by atoms with E-state index in [1.807, 2.05) is 0 Å². The van der Waals surface area contributed by atoms with Gasteiger partial charge in [0.15, 0.2) is 0 Å². The Bertz CT molecular complexity index is 535. The molecule has 2 rings (SSSR count). The van der Waals surface area contributed by atoms with Crippen LogP contribution in [0.4, 0.5) is 11.8 Å². The predicted octanol–water partition coefficient (Wildman–Crippen LogP) is 0.504. The number of amides is 1. The Morgan fingerprint density at radius 2 is 2.24 bits per heavy atom. The fraction of sp³-hybridized carbons (Fsp3) is 0.200. The van der Waals surface area contributed by atoms with E-state index in [0.29, 0.717) is 17.3 Å². The Kier molecular flexibility index (Phi) is 2.99. The molecule has 17 heavy (non-hydrogen) atoms. The molecular weight excluding hydrogens is 220 g/mol. The average molecular weight is 232 g/mol. The van der Waals surface area contributed by atoms with Crippen LogP contribution in [0.2, 0.25) is 0 Å². The summed E-state index contributed by atoms with van der Waals surface area (Å²) in [6, 6.07) is 3.29. The molecule has 2 heterocycles. The fourth-order valence-electron chi connectivity index (χ4n) is 1.29. The van der Waals surface area contributed by atoms with E-state index in [1.54, 1.807) is 32.4 Å². The molecule has 7 heteroatoms. The maximum atomic E-state index is 11.9. The Balaban J connectivity index is 2.17. The van der Waals surface area contributed by atoms with Gasteiger partial charge >= 0.3 is 0 Å². The number of anilines is 2. The summed E-state index contributed by atoms with van der Waals surface area (Å²) in [5, 5.41) is 9.38. The van der Waals surface area contributed by atoms with Gasteiger partial charge in [0.2, 0.25) is 5.95 Å². The number of aryl methyl sites for hydroxylation is 1. The third-order valence-electron chi connectivity index (χ3n) is 2.21. The SMILES string of the molecule is CNc1cc(C(=O)Nc2ncnn2C)ccn1. The minimum atomic E-state index is -0.250. The van der Waals surface area contributed by atoms with Crippen LogP contribution in [0.1, 0.15) is 10.4 Å². The van der Waals surface area contributed by atoms with E-state index in [2.05, 4.69) is 25.7 Å². The lowest BCUT2D eigenvalue weighted by atomic mass is 10.2. The Hall–Kier alpha value is -2.44. The van der Waals surface area contributed by atoms with Crippen molar-refractivity contribution in [2.75, 3.05) is 17.7 Å². The molecule has 0 bridgehead atoms. The van der Waals surface area contributed by atoms with Crippen LogP contribution in [0.15, 0.2) is 24.7 Å². The van der Waals surface area contributed by atoms with Crippen molar-refractivity contribution in [2.45, 2.75) is 0 Å². The van der Waals surface area contributed by atoms with Gasteiger partial charge in [-0.15, -0.1) is 0 Å². The Morgan fingerprint density at radius 3 is 2.88 bits per heavy atom. The number of carbonyl (C=O) groups excluding carboxylic acids is 1. The smallest absolute Gasteiger partial charge is 0.258 e. The second-order valence-corrected chi connectivity index (χ2v) is 3.34. The standard InChI is InChI=1S/C10H12N6O/c1-11-8-5-7(3-4-12-8)9(17)15-10-13-6-14-16(10)2/h3-6H,1-2H3,(H,11,12)(H,13,14,15,17). The summed E-state index contributed by atoms with van der Waals surface area (Å²) >= 11 is 0. The molecule has 0 fully saturated rings.